The lowest BCUT2D eigenvalue weighted by molar-refractivity contribution is 0.273. The summed E-state index contributed by atoms with van der Waals surface area (Å²) >= 11 is 6.27. The van der Waals surface area contributed by atoms with E-state index in [0.29, 0.717) is 0 Å². The van der Waals surface area contributed by atoms with E-state index in [-0.39, 0.29) is 24.0 Å². The van der Waals surface area contributed by atoms with Crippen molar-refractivity contribution in [3.8, 4) is 5.75 Å². The Kier molecular flexibility index (Phi) is 9.06. The van der Waals surface area contributed by atoms with Gasteiger partial charge in [-0.05, 0) is 42.9 Å². The van der Waals surface area contributed by atoms with E-state index in [1.165, 1.54) is 12.8 Å². The largest absolute Gasteiger partial charge is 0.497 e. The molecule has 0 aromatic heterocycles. The van der Waals surface area contributed by atoms with Gasteiger partial charge in [0.1, 0.15) is 5.75 Å². The molecule has 0 aliphatic carbocycles. The Labute approximate surface area is 161 Å². The lowest BCUT2D eigenvalue weighted by atomic mass is 10.00. The quantitative estimate of drug-likeness (QED) is 0.430. The lowest BCUT2D eigenvalue weighted by Crippen LogP contribution is -2.45. The Morgan fingerprint density at radius 1 is 1.39 bits per heavy atom. The number of guanidine groups is 1. The van der Waals surface area contributed by atoms with Crippen molar-refractivity contribution < 1.29 is 4.74 Å². The molecule has 6 heteroatoms. The molecule has 130 valence electrons. The summed E-state index contributed by atoms with van der Waals surface area (Å²) < 4.78 is 5.17. The normalized spacial score (nSPS) is 16.0. The molecule has 4 nitrogen and oxygen atoms in total. The van der Waals surface area contributed by atoms with E-state index in [1.54, 1.807) is 7.11 Å². The number of hydrogen-bond donors (Lipinski definition) is 1. The highest BCUT2D eigenvalue weighted by atomic mass is 127. The fraction of sp³-hybridized carbons (Fsp3) is 0.588. The zero-order valence-electron chi connectivity index (χ0n) is 14.1. The molecule has 0 saturated carbocycles. The van der Waals surface area contributed by atoms with Crippen LogP contribution in [0.4, 0.5) is 0 Å². The first-order valence-electron chi connectivity index (χ1n) is 7.92. The average molecular weight is 452 g/mol. The zero-order valence-corrected chi connectivity index (χ0v) is 17.2. The predicted molar refractivity (Wildman–Crippen MR) is 108 cm³/mol. The van der Waals surface area contributed by atoms with Crippen LogP contribution in [0.25, 0.3) is 0 Å². The van der Waals surface area contributed by atoms with Crippen LogP contribution in [-0.2, 0) is 6.42 Å². The second kappa shape index (κ2) is 10.2. The molecule has 1 aliphatic heterocycles. The third kappa shape index (κ3) is 6.03. The number of ether oxygens (including phenoxy) is 1. The van der Waals surface area contributed by atoms with Crippen molar-refractivity contribution in [1.82, 2.24) is 10.2 Å². The number of nitrogens with zero attached hydrogens (tertiary/aromatic N) is 2. The van der Waals surface area contributed by atoms with Gasteiger partial charge in [-0.25, -0.2) is 0 Å². The van der Waals surface area contributed by atoms with Gasteiger partial charge in [0, 0.05) is 31.7 Å². The number of methoxy groups -OCH3 is 1. The second-order valence-electron chi connectivity index (χ2n) is 5.85. The van der Waals surface area contributed by atoms with Gasteiger partial charge in [0.2, 0.25) is 0 Å². The maximum atomic E-state index is 6.27. The SMILES string of the molecule is CN=C(NCCc1ccc(OC)cc1Cl)N1CCC(C)CC1.I. The molecule has 2 rings (SSSR count). The van der Waals surface area contributed by atoms with Crippen molar-refractivity contribution in [2.45, 2.75) is 26.2 Å². The third-order valence-corrected chi connectivity index (χ3v) is 4.58. The zero-order chi connectivity index (χ0) is 15.9. The van der Waals surface area contributed by atoms with Gasteiger partial charge in [-0.2, -0.15) is 0 Å². The Morgan fingerprint density at radius 2 is 2.09 bits per heavy atom. The van der Waals surface area contributed by atoms with Gasteiger partial charge in [-0.1, -0.05) is 24.6 Å². The fourth-order valence-electron chi connectivity index (χ4n) is 2.72. The molecular weight excluding hydrogens is 425 g/mol. The molecule has 23 heavy (non-hydrogen) atoms. The van der Waals surface area contributed by atoms with E-state index in [1.807, 2.05) is 25.2 Å². The van der Waals surface area contributed by atoms with Crippen LogP contribution in [-0.4, -0.2) is 44.7 Å². The minimum Gasteiger partial charge on any atom is -0.497 e. The maximum absolute atomic E-state index is 6.27. The Balaban J connectivity index is 0.00000264. The van der Waals surface area contributed by atoms with Crippen LogP contribution in [0.15, 0.2) is 23.2 Å². The molecule has 1 aromatic rings. The number of halogens is 2. The third-order valence-electron chi connectivity index (χ3n) is 4.23. The Morgan fingerprint density at radius 3 is 2.65 bits per heavy atom. The molecule has 0 amide bonds. The minimum atomic E-state index is 0. The van der Waals surface area contributed by atoms with Crippen molar-refractivity contribution in [2.24, 2.45) is 10.9 Å². The van der Waals surface area contributed by atoms with Crippen LogP contribution >= 0.6 is 35.6 Å². The highest BCUT2D eigenvalue weighted by Crippen LogP contribution is 2.22. The number of nitrogens with one attached hydrogen (secondary N) is 1. The molecule has 1 saturated heterocycles. The first-order valence-corrected chi connectivity index (χ1v) is 8.30. The monoisotopic (exact) mass is 451 g/mol. The molecule has 0 atom stereocenters. The number of benzene rings is 1. The summed E-state index contributed by atoms with van der Waals surface area (Å²) in [5.41, 5.74) is 1.12. The van der Waals surface area contributed by atoms with Gasteiger partial charge >= 0.3 is 0 Å². The van der Waals surface area contributed by atoms with E-state index < -0.39 is 0 Å². The van der Waals surface area contributed by atoms with Crippen LogP contribution in [0.1, 0.15) is 25.3 Å². The van der Waals surface area contributed by atoms with E-state index in [0.717, 1.165) is 54.3 Å². The summed E-state index contributed by atoms with van der Waals surface area (Å²) in [6.45, 7) is 5.32. The van der Waals surface area contributed by atoms with Crippen molar-refractivity contribution in [3.05, 3.63) is 28.8 Å². The molecule has 1 N–H and O–H groups in total. The molecule has 1 heterocycles. The van der Waals surface area contributed by atoms with Gasteiger partial charge < -0.3 is 15.0 Å². The number of likely N-dealkylation sites (tertiary alicyclic amines) is 1. The predicted octanol–water partition coefficient (Wildman–Crippen LogP) is 3.82. The number of aliphatic imine (C=N–C) groups is 1. The van der Waals surface area contributed by atoms with Gasteiger partial charge in [0.15, 0.2) is 5.96 Å². The molecule has 0 unspecified atom stereocenters. The summed E-state index contributed by atoms with van der Waals surface area (Å²) in [5, 5.41) is 4.20. The van der Waals surface area contributed by atoms with Crippen LogP contribution in [0.2, 0.25) is 5.02 Å². The highest BCUT2D eigenvalue weighted by Gasteiger charge is 2.18. The summed E-state index contributed by atoms with van der Waals surface area (Å²) in [7, 11) is 3.50. The summed E-state index contributed by atoms with van der Waals surface area (Å²) in [6.07, 6.45) is 3.35. The standard InChI is InChI=1S/C17H26ClN3O.HI/c1-13-7-10-21(11-8-13)17(19-2)20-9-6-14-4-5-15(22-3)12-16(14)18;/h4-5,12-13H,6-11H2,1-3H3,(H,19,20);1H. The van der Waals surface area contributed by atoms with Crippen LogP contribution < -0.4 is 10.1 Å². The Bertz CT molecular complexity index is 517. The molecule has 0 spiro atoms. The summed E-state index contributed by atoms with van der Waals surface area (Å²) in [5.74, 6) is 2.61. The van der Waals surface area contributed by atoms with Crippen molar-refractivity contribution in [1.29, 1.82) is 0 Å². The molecule has 1 aromatic carbocycles. The number of piperidine rings is 1. The molecule has 1 fully saturated rings. The van der Waals surface area contributed by atoms with Crippen molar-refractivity contribution >= 4 is 41.5 Å². The van der Waals surface area contributed by atoms with Gasteiger partial charge in [0.25, 0.3) is 0 Å². The van der Waals surface area contributed by atoms with Crippen LogP contribution in [0.3, 0.4) is 0 Å². The van der Waals surface area contributed by atoms with Gasteiger partial charge in [-0.3, -0.25) is 4.99 Å². The topological polar surface area (TPSA) is 36.9 Å². The first kappa shape index (κ1) is 20.4. The molecular formula is C17H27ClIN3O. The number of rotatable bonds is 4. The van der Waals surface area contributed by atoms with Crippen molar-refractivity contribution in [2.75, 3.05) is 33.8 Å². The maximum Gasteiger partial charge on any atom is 0.193 e. The van der Waals surface area contributed by atoms with E-state index in [2.05, 4.69) is 22.1 Å². The smallest absolute Gasteiger partial charge is 0.193 e. The second-order valence-corrected chi connectivity index (χ2v) is 6.26. The summed E-state index contributed by atoms with van der Waals surface area (Å²) in [4.78, 5) is 6.74. The van der Waals surface area contributed by atoms with Gasteiger partial charge in [-0.15, -0.1) is 24.0 Å². The highest BCUT2D eigenvalue weighted by molar-refractivity contribution is 14.0. The van der Waals surface area contributed by atoms with Crippen molar-refractivity contribution in [3.63, 3.8) is 0 Å². The minimum absolute atomic E-state index is 0. The fourth-order valence-corrected chi connectivity index (χ4v) is 2.98. The average Bonchev–Trinajstić information content (AvgIpc) is 2.54. The first-order chi connectivity index (χ1) is 10.6. The van der Waals surface area contributed by atoms with E-state index in [4.69, 9.17) is 16.3 Å². The van der Waals surface area contributed by atoms with E-state index >= 15 is 0 Å². The molecule has 0 bridgehead atoms. The van der Waals surface area contributed by atoms with Gasteiger partial charge in [0.05, 0.1) is 7.11 Å². The number of hydrogen-bond acceptors (Lipinski definition) is 2. The summed E-state index contributed by atoms with van der Waals surface area (Å²) in [6, 6.07) is 5.83. The van der Waals surface area contributed by atoms with Crippen LogP contribution in [0, 0.1) is 5.92 Å². The molecule has 0 radical (unpaired) electrons. The Hall–Kier alpha value is -0.690. The molecule has 1 aliphatic rings. The van der Waals surface area contributed by atoms with Crippen LogP contribution in [0.5, 0.6) is 5.75 Å². The lowest BCUT2D eigenvalue weighted by Gasteiger charge is -2.32. The van der Waals surface area contributed by atoms with E-state index in [9.17, 15) is 0 Å².